The van der Waals surface area contributed by atoms with Gasteiger partial charge in [0.15, 0.2) is 5.82 Å². The van der Waals surface area contributed by atoms with Crippen molar-refractivity contribution in [2.75, 3.05) is 11.4 Å². The number of carbonyl (C=O) groups excluding carboxylic acids is 2. The van der Waals surface area contributed by atoms with Gasteiger partial charge in [0.25, 0.3) is 0 Å². The van der Waals surface area contributed by atoms with Crippen molar-refractivity contribution in [3.63, 3.8) is 0 Å². The molecule has 1 unspecified atom stereocenters. The Balaban J connectivity index is 1.95. The number of halogens is 3. The average Bonchev–Trinajstić information content (AvgIpc) is 3.22. The molecule has 1 saturated carbocycles. The van der Waals surface area contributed by atoms with Gasteiger partial charge >= 0.3 is 0 Å². The zero-order chi connectivity index (χ0) is 14.4. The summed E-state index contributed by atoms with van der Waals surface area (Å²) in [7, 11) is 0. The predicted molar refractivity (Wildman–Crippen MR) is 73.4 cm³/mol. The Hall–Kier alpha value is -1.33. The van der Waals surface area contributed by atoms with Crippen LogP contribution in [0.4, 0.5) is 10.1 Å². The minimum Gasteiger partial charge on any atom is -0.342 e. The highest BCUT2D eigenvalue weighted by Gasteiger charge is 2.43. The smallest absolute Gasteiger partial charge is 0.250 e. The fourth-order valence-electron chi connectivity index (χ4n) is 2.34. The molecule has 1 atom stereocenters. The first kappa shape index (κ1) is 13.6. The molecule has 1 aromatic rings. The molecule has 1 aromatic carbocycles. The fraction of sp³-hybridized carbons (Fsp3) is 0.385. The summed E-state index contributed by atoms with van der Waals surface area (Å²) in [6.45, 7) is -0.111. The van der Waals surface area contributed by atoms with E-state index in [0.29, 0.717) is 5.69 Å². The van der Waals surface area contributed by atoms with E-state index in [1.165, 1.54) is 17.0 Å². The number of hydrogen-bond acceptors (Lipinski definition) is 2. The summed E-state index contributed by atoms with van der Waals surface area (Å²) in [6.07, 6.45) is 1.85. The van der Waals surface area contributed by atoms with Crippen molar-refractivity contribution in [1.82, 2.24) is 5.32 Å². The van der Waals surface area contributed by atoms with E-state index in [9.17, 15) is 14.0 Å². The van der Waals surface area contributed by atoms with Gasteiger partial charge in [0.05, 0.1) is 10.0 Å². The van der Waals surface area contributed by atoms with E-state index in [0.717, 1.165) is 12.8 Å². The van der Waals surface area contributed by atoms with Crippen LogP contribution in [-0.2, 0) is 9.59 Å². The summed E-state index contributed by atoms with van der Waals surface area (Å²) >= 11 is 11.5. The molecule has 4 nitrogen and oxygen atoms in total. The molecule has 2 fully saturated rings. The largest absolute Gasteiger partial charge is 0.342 e. The topological polar surface area (TPSA) is 49.4 Å². The van der Waals surface area contributed by atoms with Crippen LogP contribution in [0.5, 0.6) is 0 Å². The summed E-state index contributed by atoms with van der Waals surface area (Å²) < 4.78 is 13.4. The van der Waals surface area contributed by atoms with Crippen LogP contribution >= 0.6 is 23.2 Å². The molecule has 2 amide bonds. The van der Waals surface area contributed by atoms with Crippen molar-refractivity contribution in [3.05, 3.63) is 28.0 Å². The number of rotatable bonds is 2. The van der Waals surface area contributed by atoms with Gasteiger partial charge in [-0.15, -0.1) is 0 Å². The maximum Gasteiger partial charge on any atom is 0.250 e. The van der Waals surface area contributed by atoms with Crippen molar-refractivity contribution >= 4 is 40.7 Å². The molecule has 1 aliphatic carbocycles. The second-order valence-corrected chi connectivity index (χ2v) is 5.84. The van der Waals surface area contributed by atoms with Crippen LogP contribution < -0.4 is 10.2 Å². The highest BCUT2D eigenvalue weighted by Crippen LogP contribution is 2.36. The number of nitrogens with one attached hydrogen (secondary N) is 1. The van der Waals surface area contributed by atoms with E-state index in [4.69, 9.17) is 23.2 Å². The number of nitrogens with zero attached hydrogens (tertiary/aromatic N) is 1. The summed E-state index contributed by atoms with van der Waals surface area (Å²) in [4.78, 5) is 25.4. The first-order valence-electron chi connectivity index (χ1n) is 6.22. The molecule has 3 rings (SSSR count). The lowest BCUT2D eigenvalue weighted by Gasteiger charge is -2.32. The molecule has 1 heterocycles. The van der Waals surface area contributed by atoms with E-state index >= 15 is 0 Å². The van der Waals surface area contributed by atoms with Crippen LogP contribution in [-0.4, -0.2) is 24.4 Å². The minimum atomic E-state index is -0.732. The van der Waals surface area contributed by atoms with Gasteiger partial charge in [-0.05, 0) is 30.9 Å². The third-order valence-corrected chi connectivity index (χ3v) is 4.07. The van der Waals surface area contributed by atoms with Crippen molar-refractivity contribution in [2.24, 2.45) is 5.92 Å². The SMILES string of the molecule is O=C1CN(c2cc(Cl)c(F)c(Cl)c2)C(=O)C(C2CC2)N1. The molecule has 1 saturated heterocycles. The molecular weight excluding hydrogens is 306 g/mol. The number of amides is 2. The minimum absolute atomic E-state index is 0.111. The molecule has 0 spiro atoms. The maximum atomic E-state index is 13.4. The molecule has 1 aliphatic heterocycles. The van der Waals surface area contributed by atoms with Gasteiger partial charge in [-0.25, -0.2) is 4.39 Å². The molecule has 1 N–H and O–H groups in total. The summed E-state index contributed by atoms with van der Waals surface area (Å²) in [6, 6.07) is 2.12. The quantitative estimate of drug-likeness (QED) is 0.852. The van der Waals surface area contributed by atoms with Crippen molar-refractivity contribution in [3.8, 4) is 0 Å². The van der Waals surface area contributed by atoms with Crippen LogP contribution in [0.25, 0.3) is 0 Å². The molecule has 0 bridgehead atoms. The second kappa shape index (κ2) is 4.90. The van der Waals surface area contributed by atoms with Gasteiger partial charge in [0.2, 0.25) is 11.8 Å². The van der Waals surface area contributed by atoms with Gasteiger partial charge < -0.3 is 10.2 Å². The van der Waals surface area contributed by atoms with E-state index in [1.807, 2.05) is 0 Å². The van der Waals surface area contributed by atoms with E-state index in [2.05, 4.69) is 5.32 Å². The van der Waals surface area contributed by atoms with E-state index in [-0.39, 0.29) is 34.3 Å². The van der Waals surface area contributed by atoms with Gasteiger partial charge in [-0.3, -0.25) is 9.59 Å². The molecule has 7 heteroatoms. The number of carbonyl (C=O) groups is 2. The van der Waals surface area contributed by atoms with E-state index in [1.54, 1.807) is 0 Å². The third-order valence-electron chi connectivity index (χ3n) is 3.52. The molecule has 20 heavy (non-hydrogen) atoms. The molecular formula is C13H11Cl2FN2O2. The third kappa shape index (κ3) is 2.36. The van der Waals surface area contributed by atoms with Crippen molar-refractivity contribution in [2.45, 2.75) is 18.9 Å². The molecule has 0 aromatic heterocycles. The monoisotopic (exact) mass is 316 g/mol. The number of piperazine rings is 1. The lowest BCUT2D eigenvalue weighted by Crippen LogP contribution is -2.59. The average molecular weight is 317 g/mol. The Bertz CT molecular complexity index is 581. The Kier molecular flexibility index (Phi) is 3.34. The maximum absolute atomic E-state index is 13.4. The molecule has 106 valence electrons. The van der Waals surface area contributed by atoms with Crippen LogP contribution in [0.3, 0.4) is 0 Å². The van der Waals surface area contributed by atoms with Crippen molar-refractivity contribution < 1.29 is 14.0 Å². The van der Waals surface area contributed by atoms with Crippen LogP contribution in [0.2, 0.25) is 10.0 Å². The van der Waals surface area contributed by atoms with E-state index < -0.39 is 11.9 Å². The Morgan fingerprint density at radius 3 is 2.35 bits per heavy atom. The van der Waals surface area contributed by atoms with Crippen molar-refractivity contribution in [1.29, 1.82) is 0 Å². The Morgan fingerprint density at radius 1 is 1.20 bits per heavy atom. The second-order valence-electron chi connectivity index (χ2n) is 5.03. The predicted octanol–water partition coefficient (Wildman–Crippen LogP) is 2.37. The molecule has 0 radical (unpaired) electrons. The highest BCUT2D eigenvalue weighted by atomic mass is 35.5. The number of anilines is 1. The first-order chi connectivity index (χ1) is 9.47. The van der Waals surface area contributed by atoms with Gasteiger partial charge in [-0.1, -0.05) is 23.2 Å². The standard InChI is InChI=1S/C13H11Cl2FN2O2/c14-8-3-7(4-9(15)11(8)16)18-5-10(19)17-12(13(18)20)6-1-2-6/h3-4,6,12H,1-2,5H2,(H,17,19). The summed E-state index contributed by atoms with van der Waals surface area (Å²) in [5, 5.41) is 2.35. The zero-order valence-electron chi connectivity index (χ0n) is 10.3. The number of benzene rings is 1. The lowest BCUT2D eigenvalue weighted by atomic mass is 10.1. The first-order valence-corrected chi connectivity index (χ1v) is 6.98. The Morgan fingerprint density at radius 2 is 1.80 bits per heavy atom. The van der Waals surface area contributed by atoms with Crippen LogP contribution in [0.15, 0.2) is 12.1 Å². The Labute approximate surface area is 124 Å². The van der Waals surface area contributed by atoms with Gasteiger partial charge in [0.1, 0.15) is 12.6 Å². The normalized spacial score (nSPS) is 22.9. The summed E-state index contributed by atoms with van der Waals surface area (Å²) in [5.41, 5.74) is 0.340. The van der Waals surface area contributed by atoms with Crippen LogP contribution in [0, 0.1) is 11.7 Å². The summed E-state index contributed by atoms with van der Waals surface area (Å²) in [5.74, 6) is -0.978. The van der Waals surface area contributed by atoms with Crippen LogP contribution in [0.1, 0.15) is 12.8 Å². The van der Waals surface area contributed by atoms with Gasteiger partial charge in [0, 0.05) is 5.69 Å². The zero-order valence-corrected chi connectivity index (χ0v) is 11.8. The lowest BCUT2D eigenvalue weighted by molar-refractivity contribution is -0.131. The van der Waals surface area contributed by atoms with Gasteiger partial charge in [-0.2, -0.15) is 0 Å². The highest BCUT2D eigenvalue weighted by molar-refractivity contribution is 6.35. The number of hydrogen-bond donors (Lipinski definition) is 1. The molecule has 2 aliphatic rings. The fourth-order valence-corrected chi connectivity index (χ4v) is 2.81.